The molecule has 1 N–H and O–H groups in total. The van der Waals surface area contributed by atoms with E-state index < -0.39 is 0 Å². The molecule has 0 saturated heterocycles. The summed E-state index contributed by atoms with van der Waals surface area (Å²) in [7, 11) is 1.66. The molecule has 30 heavy (non-hydrogen) atoms. The predicted octanol–water partition coefficient (Wildman–Crippen LogP) is 5.87. The molecule has 0 radical (unpaired) electrons. The zero-order chi connectivity index (χ0) is 20.3. The number of hydrogen-bond donors (Lipinski definition) is 1. The van der Waals surface area contributed by atoms with Crippen LogP contribution in [0.15, 0.2) is 78.0 Å². The molecule has 0 amide bonds. The van der Waals surface area contributed by atoms with Crippen molar-refractivity contribution < 1.29 is 4.74 Å². The minimum absolute atomic E-state index is 0.835. The number of aromatic nitrogens is 4. The van der Waals surface area contributed by atoms with Crippen LogP contribution in [0.25, 0.3) is 27.6 Å². The van der Waals surface area contributed by atoms with Crippen LogP contribution >= 0.6 is 22.7 Å². The number of ether oxygens (including phenoxy) is 1. The Hall–Kier alpha value is -3.49. The van der Waals surface area contributed by atoms with E-state index in [4.69, 9.17) is 14.7 Å². The highest BCUT2D eigenvalue weighted by atomic mass is 32.1. The fourth-order valence-corrected chi connectivity index (χ4v) is 4.55. The van der Waals surface area contributed by atoms with E-state index in [2.05, 4.69) is 15.7 Å². The lowest BCUT2D eigenvalue weighted by molar-refractivity contribution is 0.415. The molecule has 0 saturated carbocycles. The lowest BCUT2D eigenvalue weighted by atomic mass is 10.2. The minimum atomic E-state index is 0.835. The normalized spacial score (nSPS) is 10.8. The number of rotatable bonds is 6. The van der Waals surface area contributed by atoms with Crippen molar-refractivity contribution in [3.05, 3.63) is 78.0 Å². The summed E-state index contributed by atoms with van der Waals surface area (Å²) in [5, 5.41) is 9.18. The summed E-state index contributed by atoms with van der Waals surface area (Å²) in [6.07, 6.45) is 5.47. The largest absolute Gasteiger partial charge is 0.497 e. The van der Waals surface area contributed by atoms with Crippen molar-refractivity contribution in [2.45, 2.75) is 0 Å². The van der Waals surface area contributed by atoms with Crippen LogP contribution < -0.4 is 10.1 Å². The monoisotopic (exact) mass is 431 g/mol. The molecule has 3 aromatic heterocycles. The molecule has 0 aliphatic carbocycles. The number of anilines is 2. The number of thiazole rings is 2. The maximum atomic E-state index is 5.22. The van der Waals surface area contributed by atoms with Crippen molar-refractivity contribution in [1.29, 1.82) is 0 Å². The number of benzene rings is 2. The molecule has 0 aliphatic heterocycles. The zero-order valence-electron chi connectivity index (χ0n) is 16.0. The van der Waals surface area contributed by atoms with Gasteiger partial charge in [0, 0.05) is 40.1 Å². The zero-order valence-corrected chi connectivity index (χ0v) is 17.7. The van der Waals surface area contributed by atoms with Crippen molar-refractivity contribution in [3.63, 3.8) is 0 Å². The molecule has 3 heterocycles. The number of methoxy groups -OCH3 is 1. The fraction of sp³-hybridized carbons (Fsp3) is 0.0455. The van der Waals surface area contributed by atoms with Gasteiger partial charge in [0.25, 0.3) is 0 Å². The third-order valence-corrected chi connectivity index (χ3v) is 6.16. The van der Waals surface area contributed by atoms with Crippen LogP contribution in [-0.4, -0.2) is 26.6 Å². The number of nitrogens with zero attached hydrogens (tertiary/aromatic N) is 4. The molecule has 0 spiro atoms. The molecule has 148 valence electrons. The molecule has 0 bridgehead atoms. The van der Waals surface area contributed by atoms with Crippen LogP contribution in [0.5, 0.6) is 5.75 Å². The van der Waals surface area contributed by atoms with Gasteiger partial charge in [-0.05, 0) is 48.5 Å². The predicted molar refractivity (Wildman–Crippen MR) is 122 cm³/mol. The standard InChI is InChI=1S/C22H17N5OS2/c1-28-18-8-2-15(3-9-18)19-12-29-21(25-19)20-13-30-22(26-20)24-16-4-6-17(7-5-16)27-11-10-23-14-27/h2-14H,1H3,(H,24,26). The second-order valence-corrected chi connectivity index (χ2v) is 8.16. The van der Waals surface area contributed by atoms with E-state index in [1.54, 1.807) is 42.3 Å². The SMILES string of the molecule is COc1ccc(-c2csc(-c3csc(Nc4ccc(-n5ccnc5)cc4)n3)n2)cc1. The smallest absolute Gasteiger partial charge is 0.187 e. The van der Waals surface area contributed by atoms with Crippen LogP contribution in [0.1, 0.15) is 0 Å². The van der Waals surface area contributed by atoms with Crippen LogP contribution in [0.3, 0.4) is 0 Å². The van der Waals surface area contributed by atoms with Gasteiger partial charge in [-0.1, -0.05) is 0 Å². The summed E-state index contributed by atoms with van der Waals surface area (Å²) < 4.78 is 7.19. The highest BCUT2D eigenvalue weighted by molar-refractivity contribution is 7.15. The summed E-state index contributed by atoms with van der Waals surface area (Å²) in [5.41, 5.74) is 4.92. The highest BCUT2D eigenvalue weighted by Crippen LogP contribution is 2.32. The maximum Gasteiger partial charge on any atom is 0.187 e. The highest BCUT2D eigenvalue weighted by Gasteiger charge is 2.11. The van der Waals surface area contributed by atoms with Gasteiger partial charge in [-0.2, -0.15) is 0 Å². The van der Waals surface area contributed by atoms with Crippen LogP contribution in [-0.2, 0) is 0 Å². The summed E-state index contributed by atoms with van der Waals surface area (Å²) >= 11 is 3.16. The van der Waals surface area contributed by atoms with E-state index in [0.29, 0.717) is 0 Å². The molecular formula is C22H17N5OS2. The lowest BCUT2D eigenvalue weighted by Crippen LogP contribution is -1.92. The Balaban J connectivity index is 1.30. The van der Waals surface area contributed by atoms with Crippen molar-refractivity contribution in [3.8, 4) is 33.4 Å². The van der Waals surface area contributed by atoms with Gasteiger partial charge in [0.05, 0.1) is 19.1 Å². The van der Waals surface area contributed by atoms with Gasteiger partial charge in [-0.25, -0.2) is 15.0 Å². The molecule has 6 nitrogen and oxygen atoms in total. The van der Waals surface area contributed by atoms with Crippen molar-refractivity contribution in [1.82, 2.24) is 19.5 Å². The van der Waals surface area contributed by atoms with Crippen molar-refractivity contribution in [2.24, 2.45) is 0 Å². The summed E-state index contributed by atoms with van der Waals surface area (Å²) in [6.45, 7) is 0. The Morgan fingerprint density at radius 3 is 2.43 bits per heavy atom. The van der Waals surface area contributed by atoms with Gasteiger partial charge in [-0.15, -0.1) is 22.7 Å². The topological polar surface area (TPSA) is 64.9 Å². The molecule has 2 aromatic carbocycles. The number of imidazole rings is 1. The third kappa shape index (κ3) is 3.83. The fourth-order valence-electron chi connectivity index (χ4n) is 2.97. The van der Waals surface area contributed by atoms with E-state index >= 15 is 0 Å². The van der Waals surface area contributed by atoms with Gasteiger partial charge >= 0.3 is 0 Å². The van der Waals surface area contributed by atoms with E-state index in [-0.39, 0.29) is 0 Å². The average Bonchev–Trinajstić information content (AvgIpc) is 3.56. The van der Waals surface area contributed by atoms with Gasteiger partial charge < -0.3 is 14.6 Å². The van der Waals surface area contributed by atoms with E-state index in [1.165, 1.54) is 0 Å². The Morgan fingerprint density at radius 1 is 0.900 bits per heavy atom. The van der Waals surface area contributed by atoms with Gasteiger partial charge in [0.2, 0.25) is 0 Å². The van der Waals surface area contributed by atoms with Crippen LogP contribution in [0, 0.1) is 0 Å². The third-order valence-electron chi connectivity index (χ3n) is 4.53. The maximum absolute atomic E-state index is 5.22. The number of nitrogens with one attached hydrogen (secondary N) is 1. The molecule has 5 rings (SSSR count). The van der Waals surface area contributed by atoms with Crippen molar-refractivity contribution in [2.75, 3.05) is 12.4 Å². The Kier molecular flexibility index (Phi) is 5.00. The second-order valence-electron chi connectivity index (χ2n) is 6.45. The quantitative estimate of drug-likeness (QED) is 0.364. The average molecular weight is 432 g/mol. The van der Waals surface area contributed by atoms with E-state index in [1.807, 2.05) is 64.7 Å². The van der Waals surface area contributed by atoms with Crippen LogP contribution in [0.4, 0.5) is 10.8 Å². The molecule has 0 aliphatic rings. The molecular weight excluding hydrogens is 414 g/mol. The molecule has 0 atom stereocenters. The molecule has 8 heteroatoms. The first-order chi connectivity index (χ1) is 14.8. The van der Waals surface area contributed by atoms with Crippen molar-refractivity contribution >= 4 is 33.5 Å². The van der Waals surface area contributed by atoms with Gasteiger partial charge in [-0.3, -0.25) is 0 Å². The lowest BCUT2D eigenvalue weighted by Gasteiger charge is -2.05. The van der Waals surface area contributed by atoms with E-state index in [0.717, 1.165) is 44.2 Å². The van der Waals surface area contributed by atoms with Gasteiger partial charge in [0.1, 0.15) is 16.5 Å². The Morgan fingerprint density at radius 2 is 1.70 bits per heavy atom. The first kappa shape index (κ1) is 18.5. The van der Waals surface area contributed by atoms with Crippen LogP contribution in [0.2, 0.25) is 0 Å². The second kappa shape index (κ2) is 8.10. The summed E-state index contributed by atoms with van der Waals surface area (Å²) in [5.74, 6) is 0.836. The first-order valence-electron chi connectivity index (χ1n) is 9.20. The molecule has 0 fully saturated rings. The summed E-state index contributed by atoms with van der Waals surface area (Å²) in [4.78, 5) is 13.5. The number of hydrogen-bond acceptors (Lipinski definition) is 7. The molecule has 0 unspecified atom stereocenters. The van der Waals surface area contributed by atoms with Gasteiger partial charge in [0.15, 0.2) is 5.13 Å². The first-order valence-corrected chi connectivity index (χ1v) is 11.0. The van der Waals surface area contributed by atoms with E-state index in [9.17, 15) is 0 Å². The molecule has 5 aromatic rings. The minimum Gasteiger partial charge on any atom is -0.497 e. The summed E-state index contributed by atoms with van der Waals surface area (Å²) in [6, 6.07) is 16.1. The Bertz CT molecular complexity index is 1240. The Labute approximate surface area is 181 Å².